The monoisotopic (exact) mass is 367 g/mol. The molecule has 1 aromatic rings. The van der Waals surface area contributed by atoms with Crippen LogP contribution in [0.3, 0.4) is 0 Å². The predicted molar refractivity (Wildman–Crippen MR) is 93.0 cm³/mol. The van der Waals surface area contributed by atoms with Crippen molar-refractivity contribution in [3.63, 3.8) is 0 Å². The number of carbonyl (C=O) groups excluding carboxylic acids is 1. The van der Waals surface area contributed by atoms with Crippen molar-refractivity contribution in [2.45, 2.75) is 38.2 Å². The zero-order valence-corrected chi connectivity index (χ0v) is 14.6. The number of nitrogens with one attached hydrogen (secondary N) is 1. The maximum atomic E-state index is 12.5. The number of halogens is 1. The van der Waals surface area contributed by atoms with Crippen molar-refractivity contribution in [2.24, 2.45) is 11.8 Å². The van der Waals surface area contributed by atoms with Gasteiger partial charge in [0.2, 0.25) is 5.91 Å². The van der Waals surface area contributed by atoms with Gasteiger partial charge in [-0.2, -0.15) is 0 Å². The molecule has 25 heavy (non-hydrogen) atoms. The lowest BCUT2D eigenvalue weighted by molar-refractivity contribution is -0.141. The lowest BCUT2D eigenvalue weighted by atomic mass is 10.0. The second kappa shape index (κ2) is 8.06. The van der Waals surface area contributed by atoms with Crippen molar-refractivity contribution in [1.29, 1.82) is 0 Å². The molecule has 1 saturated heterocycles. The van der Waals surface area contributed by atoms with Crippen molar-refractivity contribution in [3.8, 4) is 5.75 Å². The van der Waals surface area contributed by atoms with Crippen molar-refractivity contribution < 1.29 is 24.2 Å². The molecule has 0 aromatic heterocycles. The smallest absolute Gasteiger partial charge is 0.306 e. The van der Waals surface area contributed by atoms with Crippen LogP contribution < -0.4 is 10.1 Å². The quantitative estimate of drug-likeness (QED) is 0.805. The predicted octanol–water partition coefficient (Wildman–Crippen LogP) is 3.34. The number of amides is 1. The number of hydrogen-bond acceptors (Lipinski definition) is 4. The highest BCUT2D eigenvalue weighted by Gasteiger charge is 2.34. The Morgan fingerprint density at radius 3 is 2.76 bits per heavy atom. The maximum Gasteiger partial charge on any atom is 0.306 e. The molecular weight excluding hydrogens is 346 g/mol. The minimum atomic E-state index is -0.835. The topological polar surface area (TPSA) is 84.9 Å². The van der Waals surface area contributed by atoms with Gasteiger partial charge in [0.1, 0.15) is 12.4 Å². The molecule has 6 nitrogen and oxygen atoms in total. The van der Waals surface area contributed by atoms with Gasteiger partial charge in [-0.15, -0.1) is 0 Å². The molecule has 1 heterocycles. The van der Waals surface area contributed by atoms with Crippen molar-refractivity contribution in [1.82, 2.24) is 0 Å². The third-order valence-electron chi connectivity index (χ3n) is 4.80. The highest BCUT2D eigenvalue weighted by Crippen LogP contribution is 2.34. The van der Waals surface area contributed by atoms with Crippen molar-refractivity contribution in [3.05, 3.63) is 23.2 Å². The minimum Gasteiger partial charge on any atom is -0.489 e. The van der Waals surface area contributed by atoms with E-state index in [1.807, 2.05) is 0 Å². The number of carbonyl (C=O) groups is 2. The Kier molecular flexibility index (Phi) is 5.81. The summed E-state index contributed by atoms with van der Waals surface area (Å²) in [5.74, 6) is -1.22. The number of carboxylic acids is 1. The summed E-state index contributed by atoms with van der Waals surface area (Å²) in [5, 5.41) is 12.4. The van der Waals surface area contributed by atoms with Crippen molar-refractivity contribution >= 4 is 29.2 Å². The van der Waals surface area contributed by atoms with Gasteiger partial charge in [0.25, 0.3) is 0 Å². The number of carboxylic acid groups (broad SMARTS) is 1. The first-order chi connectivity index (χ1) is 12.0. The van der Waals surface area contributed by atoms with Crippen LogP contribution in [-0.2, 0) is 14.3 Å². The molecule has 0 spiro atoms. The van der Waals surface area contributed by atoms with Crippen LogP contribution in [-0.4, -0.2) is 36.3 Å². The van der Waals surface area contributed by atoms with E-state index in [9.17, 15) is 9.59 Å². The fraction of sp³-hybridized carbons (Fsp3) is 0.556. The number of aliphatic carboxylic acids is 1. The molecule has 136 valence electrons. The molecular formula is C18H22ClNO5. The van der Waals surface area contributed by atoms with E-state index in [2.05, 4.69) is 5.32 Å². The Bertz CT molecular complexity index is 644. The minimum absolute atomic E-state index is 0.0744. The van der Waals surface area contributed by atoms with E-state index in [0.29, 0.717) is 42.3 Å². The highest BCUT2D eigenvalue weighted by molar-refractivity contribution is 6.31. The van der Waals surface area contributed by atoms with Crippen LogP contribution in [0.4, 0.5) is 5.69 Å². The van der Waals surface area contributed by atoms with Gasteiger partial charge >= 0.3 is 5.97 Å². The molecule has 2 N–H and O–H groups in total. The molecule has 0 radical (unpaired) electrons. The van der Waals surface area contributed by atoms with Crippen LogP contribution in [0.15, 0.2) is 18.2 Å². The SMILES string of the molecule is O=C(O)[C@@H]1CC[C@H](C(=O)Nc2cc(Cl)ccc2OCC2CCCO2)C1. The van der Waals surface area contributed by atoms with Crippen molar-refractivity contribution in [2.75, 3.05) is 18.5 Å². The summed E-state index contributed by atoms with van der Waals surface area (Å²) in [5.41, 5.74) is 0.509. The summed E-state index contributed by atoms with van der Waals surface area (Å²) in [6.07, 6.45) is 3.55. The fourth-order valence-electron chi connectivity index (χ4n) is 3.36. The lowest BCUT2D eigenvalue weighted by Gasteiger charge is -2.17. The van der Waals surface area contributed by atoms with Gasteiger partial charge in [-0.3, -0.25) is 9.59 Å². The van der Waals surface area contributed by atoms with E-state index in [4.69, 9.17) is 26.2 Å². The first kappa shape index (κ1) is 18.0. The summed E-state index contributed by atoms with van der Waals surface area (Å²) in [4.78, 5) is 23.5. The van der Waals surface area contributed by atoms with E-state index in [1.165, 1.54) is 0 Å². The fourth-order valence-corrected chi connectivity index (χ4v) is 3.54. The molecule has 2 aliphatic rings. The van der Waals surface area contributed by atoms with Crippen LogP contribution >= 0.6 is 11.6 Å². The Hall–Kier alpha value is -1.79. The second-order valence-corrected chi connectivity index (χ2v) is 7.06. The molecule has 1 amide bonds. The van der Waals surface area contributed by atoms with Gasteiger partial charge in [0, 0.05) is 17.5 Å². The van der Waals surface area contributed by atoms with Crippen LogP contribution in [0, 0.1) is 11.8 Å². The molecule has 3 rings (SSSR count). The number of ether oxygens (including phenoxy) is 2. The van der Waals surface area contributed by atoms with Crippen LogP contribution in [0.2, 0.25) is 5.02 Å². The molecule has 3 atom stereocenters. The molecule has 2 fully saturated rings. The molecule has 0 bridgehead atoms. The van der Waals surface area contributed by atoms with Gasteiger partial charge in [0.05, 0.1) is 17.7 Å². The van der Waals surface area contributed by atoms with Crippen LogP contribution in [0.1, 0.15) is 32.1 Å². The molecule has 1 aromatic carbocycles. The Morgan fingerprint density at radius 2 is 2.08 bits per heavy atom. The zero-order chi connectivity index (χ0) is 17.8. The molecule has 1 saturated carbocycles. The van der Waals surface area contributed by atoms with Gasteiger partial charge in [-0.25, -0.2) is 0 Å². The lowest BCUT2D eigenvalue weighted by Crippen LogP contribution is -2.23. The van der Waals surface area contributed by atoms with Gasteiger partial charge < -0.3 is 19.9 Å². The average molecular weight is 368 g/mol. The average Bonchev–Trinajstić information content (AvgIpc) is 3.26. The van der Waals surface area contributed by atoms with Gasteiger partial charge in [0.15, 0.2) is 0 Å². The number of anilines is 1. The van der Waals surface area contributed by atoms with Gasteiger partial charge in [-0.05, 0) is 50.3 Å². The molecule has 1 aliphatic carbocycles. The van der Waals surface area contributed by atoms with E-state index < -0.39 is 11.9 Å². The first-order valence-corrected chi connectivity index (χ1v) is 8.98. The Balaban J connectivity index is 1.63. The zero-order valence-electron chi connectivity index (χ0n) is 13.9. The Morgan fingerprint density at radius 1 is 1.28 bits per heavy atom. The summed E-state index contributed by atoms with van der Waals surface area (Å²) in [6.45, 7) is 1.18. The van der Waals surface area contributed by atoms with E-state index in [0.717, 1.165) is 19.4 Å². The maximum absolute atomic E-state index is 12.5. The van der Waals surface area contributed by atoms with E-state index >= 15 is 0 Å². The van der Waals surface area contributed by atoms with Crippen LogP contribution in [0.25, 0.3) is 0 Å². The first-order valence-electron chi connectivity index (χ1n) is 8.60. The third-order valence-corrected chi connectivity index (χ3v) is 5.04. The number of benzene rings is 1. The third kappa shape index (κ3) is 4.64. The summed E-state index contributed by atoms with van der Waals surface area (Å²) < 4.78 is 11.3. The second-order valence-electron chi connectivity index (χ2n) is 6.62. The number of rotatable bonds is 6. The normalized spacial score (nSPS) is 25.7. The summed E-state index contributed by atoms with van der Waals surface area (Å²) in [6, 6.07) is 5.08. The Labute approximate surface area is 151 Å². The van der Waals surface area contributed by atoms with E-state index in [-0.39, 0.29) is 17.9 Å². The van der Waals surface area contributed by atoms with Gasteiger partial charge in [-0.1, -0.05) is 11.6 Å². The highest BCUT2D eigenvalue weighted by atomic mass is 35.5. The van der Waals surface area contributed by atoms with Crippen LogP contribution in [0.5, 0.6) is 5.75 Å². The molecule has 1 unspecified atom stereocenters. The standard InChI is InChI=1S/C18H22ClNO5/c19-13-5-6-16(25-10-14-2-1-7-24-14)15(9-13)20-17(21)11-3-4-12(8-11)18(22)23/h5-6,9,11-12,14H,1-4,7-8,10H2,(H,20,21)(H,22,23)/t11-,12+,14?/m0/s1. The molecule has 7 heteroatoms. The largest absolute Gasteiger partial charge is 0.489 e. The number of hydrogen-bond donors (Lipinski definition) is 2. The summed E-state index contributed by atoms with van der Waals surface area (Å²) >= 11 is 6.04. The summed E-state index contributed by atoms with van der Waals surface area (Å²) in [7, 11) is 0. The van der Waals surface area contributed by atoms with E-state index in [1.54, 1.807) is 18.2 Å². The molecule has 1 aliphatic heterocycles.